The van der Waals surface area contributed by atoms with Crippen molar-refractivity contribution in [1.82, 2.24) is 4.83 Å². The van der Waals surface area contributed by atoms with Gasteiger partial charge in [-0.15, -0.1) is 0 Å². The molecule has 0 radical (unpaired) electrons. The second-order valence-electron chi connectivity index (χ2n) is 2.14. The van der Waals surface area contributed by atoms with Crippen molar-refractivity contribution in [2.24, 2.45) is 5.10 Å². The summed E-state index contributed by atoms with van der Waals surface area (Å²) in [5, 5.41) is 3.43. The lowest BCUT2D eigenvalue weighted by atomic mass is 10.5. The Labute approximate surface area is 70.1 Å². The zero-order valence-electron chi connectivity index (χ0n) is 6.39. The van der Waals surface area contributed by atoms with Gasteiger partial charge in [0.05, 0.1) is 18.7 Å². The molecule has 66 valence electrons. The lowest BCUT2D eigenvalue weighted by molar-refractivity contribution is 0.559. The Morgan fingerprint density at radius 2 is 2.42 bits per heavy atom. The fraction of sp³-hybridized carbons (Fsp3) is 0.167. The van der Waals surface area contributed by atoms with E-state index in [1.807, 2.05) is 4.83 Å². The van der Waals surface area contributed by atoms with Gasteiger partial charge in [-0.2, -0.15) is 5.10 Å². The molecule has 0 saturated heterocycles. The van der Waals surface area contributed by atoms with Crippen molar-refractivity contribution < 1.29 is 12.8 Å². The first-order valence-electron chi connectivity index (χ1n) is 3.11. The van der Waals surface area contributed by atoms with Gasteiger partial charge in [0.25, 0.3) is 0 Å². The van der Waals surface area contributed by atoms with Gasteiger partial charge in [0, 0.05) is 0 Å². The van der Waals surface area contributed by atoms with Gasteiger partial charge in [0.15, 0.2) is 0 Å². The van der Waals surface area contributed by atoms with E-state index in [0.717, 1.165) is 6.26 Å². The van der Waals surface area contributed by atoms with Crippen molar-refractivity contribution in [3.63, 3.8) is 0 Å². The molecule has 0 fully saturated rings. The summed E-state index contributed by atoms with van der Waals surface area (Å²) in [5.41, 5.74) is 0. The molecule has 0 amide bonds. The van der Waals surface area contributed by atoms with Crippen molar-refractivity contribution in [3.05, 3.63) is 24.2 Å². The third kappa shape index (κ3) is 3.20. The number of hydrogen-bond donors (Lipinski definition) is 1. The Balaban J connectivity index is 2.54. The number of hydrazone groups is 1. The van der Waals surface area contributed by atoms with Crippen LogP contribution in [0, 0.1) is 0 Å². The van der Waals surface area contributed by atoms with E-state index in [2.05, 4.69) is 5.10 Å². The van der Waals surface area contributed by atoms with Gasteiger partial charge in [0.2, 0.25) is 10.0 Å². The number of sulfonamides is 1. The van der Waals surface area contributed by atoms with E-state index in [1.165, 1.54) is 12.5 Å². The summed E-state index contributed by atoms with van der Waals surface area (Å²) in [4.78, 5) is 1.94. The molecule has 5 nitrogen and oxygen atoms in total. The highest BCUT2D eigenvalue weighted by Gasteiger charge is 1.94. The summed E-state index contributed by atoms with van der Waals surface area (Å²) in [7, 11) is -3.27. The second-order valence-corrected chi connectivity index (χ2v) is 3.86. The Kier molecular flexibility index (Phi) is 2.49. The molecule has 0 atom stereocenters. The maximum atomic E-state index is 10.5. The smallest absolute Gasteiger partial charge is 0.244 e. The third-order valence-electron chi connectivity index (χ3n) is 0.954. The molecule has 1 aromatic rings. The summed E-state index contributed by atoms with van der Waals surface area (Å²) in [6.45, 7) is 0. The van der Waals surface area contributed by atoms with E-state index < -0.39 is 10.0 Å². The quantitative estimate of drug-likeness (QED) is 0.542. The van der Waals surface area contributed by atoms with Gasteiger partial charge in [-0.05, 0) is 12.1 Å². The van der Waals surface area contributed by atoms with Crippen LogP contribution < -0.4 is 4.83 Å². The monoisotopic (exact) mass is 188 g/mol. The molecule has 0 spiro atoms. The molecular formula is C6H8N2O3S. The van der Waals surface area contributed by atoms with Crippen LogP contribution in [-0.4, -0.2) is 20.9 Å². The molecule has 6 heteroatoms. The van der Waals surface area contributed by atoms with Crippen molar-refractivity contribution in [2.45, 2.75) is 0 Å². The van der Waals surface area contributed by atoms with Crippen LogP contribution in [0.3, 0.4) is 0 Å². The molecule has 12 heavy (non-hydrogen) atoms. The zero-order valence-corrected chi connectivity index (χ0v) is 7.21. The first kappa shape index (κ1) is 8.79. The number of nitrogens with one attached hydrogen (secondary N) is 1. The molecule has 1 heterocycles. The highest BCUT2D eigenvalue weighted by molar-refractivity contribution is 7.88. The van der Waals surface area contributed by atoms with Gasteiger partial charge in [-0.25, -0.2) is 13.2 Å². The average molecular weight is 188 g/mol. The number of rotatable bonds is 3. The predicted molar refractivity (Wildman–Crippen MR) is 44.3 cm³/mol. The van der Waals surface area contributed by atoms with Crippen LogP contribution in [0.2, 0.25) is 0 Å². The van der Waals surface area contributed by atoms with Crippen LogP contribution in [0.5, 0.6) is 0 Å². The summed E-state index contributed by atoms with van der Waals surface area (Å²) in [6.07, 6.45) is 3.77. The number of hydrogen-bond acceptors (Lipinski definition) is 4. The van der Waals surface area contributed by atoms with E-state index in [-0.39, 0.29) is 0 Å². The molecule has 0 saturated carbocycles. The molecule has 1 aromatic heterocycles. The predicted octanol–water partition coefficient (Wildman–Crippen LogP) is 0.163. The maximum Gasteiger partial charge on any atom is 0.244 e. The molecule has 0 aliphatic carbocycles. The molecule has 0 aliphatic heterocycles. The normalized spacial score (nSPS) is 12.1. The molecule has 0 unspecified atom stereocenters. The first-order chi connectivity index (χ1) is 5.58. The third-order valence-corrected chi connectivity index (χ3v) is 1.39. The minimum Gasteiger partial charge on any atom is -0.463 e. The number of furan rings is 1. The second kappa shape index (κ2) is 3.40. The summed E-state index contributed by atoms with van der Waals surface area (Å²) in [5.74, 6) is 0.492. The van der Waals surface area contributed by atoms with Crippen LogP contribution in [-0.2, 0) is 10.0 Å². The van der Waals surface area contributed by atoms with Crippen LogP contribution in [0.1, 0.15) is 5.76 Å². The van der Waals surface area contributed by atoms with Crippen molar-refractivity contribution >= 4 is 16.2 Å². The van der Waals surface area contributed by atoms with E-state index in [1.54, 1.807) is 12.1 Å². The largest absolute Gasteiger partial charge is 0.463 e. The van der Waals surface area contributed by atoms with E-state index >= 15 is 0 Å². The van der Waals surface area contributed by atoms with Crippen LogP contribution in [0.4, 0.5) is 0 Å². The van der Waals surface area contributed by atoms with Crippen LogP contribution in [0.15, 0.2) is 27.9 Å². The lowest BCUT2D eigenvalue weighted by Crippen LogP contribution is -2.15. The molecule has 1 rings (SSSR count). The average Bonchev–Trinajstić information content (AvgIpc) is 2.36. The van der Waals surface area contributed by atoms with E-state index in [4.69, 9.17) is 4.42 Å². The molecule has 1 N–H and O–H groups in total. The molecule has 0 aliphatic rings. The summed E-state index contributed by atoms with van der Waals surface area (Å²) < 4.78 is 25.9. The van der Waals surface area contributed by atoms with E-state index in [0.29, 0.717) is 5.76 Å². The minimum atomic E-state index is -3.27. The van der Waals surface area contributed by atoms with E-state index in [9.17, 15) is 8.42 Å². The zero-order chi connectivity index (χ0) is 9.03. The Bertz CT molecular complexity index is 352. The van der Waals surface area contributed by atoms with Gasteiger partial charge in [-0.1, -0.05) is 0 Å². The van der Waals surface area contributed by atoms with Gasteiger partial charge in [-0.3, -0.25) is 0 Å². The van der Waals surface area contributed by atoms with Crippen LogP contribution >= 0.6 is 0 Å². The molecular weight excluding hydrogens is 180 g/mol. The fourth-order valence-corrected chi connectivity index (χ4v) is 0.795. The van der Waals surface area contributed by atoms with Crippen molar-refractivity contribution in [1.29, 1.82) is 0 Å². The van der Waals surface area contributed by atoms with Crippen molar-refractivity contribution in [3.8, 4) is 0 Å². The Morgan fingerprint density at radius 1 is 1.67 bits per heavy atom. The highest BCUT2D eigenvalue weighted by atomic mass is 32.2. The van der Waals surface area contributed by atoms with Gasteiger partial charge >= 0.3 is 0 Å². The SMILES string of the molecule is CS(=O)(=O)NN=Cc1ccco1. The lowest BCUT2D eigenvalue weighted by Gasteiger charge is -1.91. The maximum absolute atomic E-state index is 10.5. The van der Waals surface area contributed by atoms with Gasteiger partial charge in [0.1, 0.15) is 5.76 Å². The Hall–Kier alpha value is -1.30. The topological polar surface area (TPSA) is 71.7 Å². The molecule has 0 bridgehead atoms. The summed E-state index contributed by atoms with van der Waals surface area (Å²) >= 11 is 0. The van der Waals surface area contributed by atoms with Crippen LogP contribution in [0.25, 0.3) is 0 Å². The van der Waals surface area contributed by atoms with Crippen molar-refractivity contribution in [2.75, 3.05) is 6.26 Å². The Morgan fingerprint density at radius 3 is 2.92 bits per heavy atom. The molecule has 0 aromatic carbocycles. The highest BCUT2D eigenvalue weighted by Crippen LogP contribution is 1.94. The standard InChI is InChI=1S/C6H8N2O3S/c1-12(9,10)8-7-5-6-3-2-4-11-6/h2-5,8H,1H3. The minimum absolute atomic E-state index is 0.492. The number of nitrogens with zero attached hydrogens (tertiary/aromatic N) is 1. The fourth-order valence-electron chi connectivity index (χ4n) is 0.550. The first-order valence-corrected chi connectivity index (χ1v) is 5.00. The van der Waals surface area contributed by atoms with Gasteiger partial charge < -0.3 is 4.42 Å². The summed E-state index contributed by atoms with van der Waals surface area (Å²) in [6, 6.07) is 3.34.